The van der Waals surface area contributed by atoms with Crippen molar-refractivity contribution in [2.24, 2.45) is 0 Å². The van der Waals surface area contributed by atoms with E-state index in [1.165, 1.54) is 0 Å². The Bertz CT molecular complexity index is 1080. The summed E-state index contributed by atoms with van der Waals surface area (Å²) >= 11 is 0. The van der Waals surface area contributed by atoms with E-state index in [1.807, 2.05) is 46.8 Å². The molecule has 1 aromatic heterocycles. The molecule has 0 fully saturated rings. The molecule has 7 nitrogen and oxygen atoms in total. The first-order valence-electron chi connectivity index (χ1n) is 10.0. The first-order valence-corrected chi connectivity index (χ1v) is 10.0. The van der Waals surface area contributed by atoms with Crippen molar-refractivity contribution >= 4 is 17.5 Å². The van der Waals surface area contributed by atoms with Crippen molar-refractivity contribution in [1.82, 2.24) is 10.5 Å². The van der Waals surface area contributed by atoms with E-state index >= 15 is 0 Å². The quantitative estimate of drug-likeness (QED) is 0.597. The zero-order chi connectivity index (χ0) is 22.5. The van der Waals surface area contributed by atoms with Gasteiger partial charge in [0.25, 0.3) is 5.91 Å². The molecule has 0 saturated carbocycles. The van der Waals surface area contributed by atoms with E-state index < -0.39 is 0 Å². The fourth-order valence-electron chi connectivity index (χ4n) is 3.41. The maximum atomic E-state index is 12.5. The molecule has 2 aromatic carbocycles. The monoisotopic (exact) mass is 421 g/mol. The molecule has 0 aliphatic heterocycles. The second-order valence-corrected chi connectivity index (χ2v) is 7.62. The van der Waals surface area contributed by atoms with Crippen LogP contribution in [0.5, 0.6) is 5.75 Å². The lowest BCUT2D eigenvalue weighted by Crippen LogP contribution is -2.33. The molecule has 0 radical (unpaired) electrons. The number of carbonyl (C=O) groups is 2. The SMILES string of the molecule is Cc1cc(C)c(NC(=O)CNC(=O)c2cccc(OCc3c(C)noc3C)c2)c(C)c1. The smallest absolute Gasteiger partial charge is 0.251 e. The van der Waals surface area contributed by atoms with E-state index in [9.17, 15) is 9.59 Å². The molecule has 162 valence electrons. The number of nitrogens with zero attached hydrogens (tertiary/aromatic N) is 1. The normalized spacial score (nSPS) is 10.6. The Balaban J connectivity index is 1.57. The van der Waals surface area contributed by atoms with Crippen LogP contribution < -0.4 is 15.4 Å². The Hall–Kier alpha value is -3.61. The van der Waals surface area contributed by atoms with Gasteiger partial charge in [0.1, 0.15) is 18.1 Å². The predicted molar refractivity (Wildman–Crippen MR) is 118 cm³/mol. The number of rotatable bonds is 7. The molecular formula is C24H27N3O4. The summed E-state index contributed by atoms with van der Waals surface area (Å²) in [5.74, 6) is 0.615. The number of hydrogen-bond acceptors (Lipinski definition) is 5. The highest BCUT2D eigenvalue weighted by Gasteiger charge is 2.13. The molecule has 0 spiro atoms. The van der Waals surface area contributed by atoms with Crippen molar-refractivity contribution < 1.29 is 18.8 Å². The van der Waals surface area contributed by atoms with Gasteiger partial charge in [-0.1, -0.05) is 28.9 Å². The Labute approximate surface area is 181 Å². The third kappa shape index (κ3) is 5.51. The summed E-state index contributed by atoms with van der Waals surface area (Å²) in [6.07, 6.45) is 0. The lowest BCUT2D eigenvalue weighted by atomic mass is 10.1. The van der Waals surface area contributed by atoms with E-state index in [-0.39, 0.29) is 18.4 Å². The number of aryl methyl sites for hydroxylation is 5. The largest absolute Gasteiger partial charge is 0.489 e. The molecule has 0 saturated heterocycles. The first-order chi connectivity index (χ1) is 14.7. The van der Waals surface area contributed by atoms with Gasteiger partial charge < -0.3 is 19.9 Å². The average Bonchev–Trinajstić information content (AvgIpc) is 3.05. The zero-order valence-electron chi connectivity index (χ0n) is 18.5. The van der Waals surface area contributed by atoms with E-state index in [0.29, 0.717) is 23.7 Å². The van der Waals surface area contributed by atoms with Gasteiger partial charge in [0.05, 0.1) is 17.8 Å². The van der Waals surface area contributed by atoms with Gasteiger partial charge in [0.2, 0.25) is 5.91 Å². The van der Waals surface area contributed by atoms with Crippen LogP contribution in [0.4, 0.5) is 5.69 Å². The Morgan fingerprint density at radius 3 is 2.39 bits per heavy atom. The van der Waals surface area contributed by atoms with Gasteiger partial charge in [-0.2, -0.15) is 0 Å². The van der Waals surface area contributed by atoms with E-state index in [2.05, 4.69) is 15.8 Å². The summed E-state index contributed by atoms with van der Waals surface area (Å²) in [4.78, 5) is 24.8. The van der Waals surface area contributed by atoms with Crippen molar-refractivity contribution in [2.45, 2.75) is 41.2 Å². The number of hydrogen-bond donors (Lipinski definition) is 2. The first kappa shape index (κ1) is 22.1. The van der Waals surface area contributed by atoms with Gasteiger partial charge in [-0.15, -0.1) is 0 Å². The molecular weight excluding hydrogens is 394 g/mol. The second-order valence-electron chi connectivity index (χ2n) is 7.62. The summed E-state index contributed by atoms with van der Waals surface area (Å²) < 4.78 is 10.9. The van der Waals surface area contributed by atoms with Gasteiger partial charge in [-0.3, -0.25) is 9.59 Å². The van der Waals surface area contributed by atoms with Gasteiger partial charge in [-0.25, -0.2) is 0 Å². The molecule has 1 heterocycles. The highest BCUT2D eigenvalue weighted by molar-refractivity contribution is 6.00. The fraction of sp³-hybridized carbons (Fsp3) is 0.292. The van der Waals surface area contributed by atoms with Crippen molar-refractivity contribution in [2.75, 3.05) is 11.9 Å². The predicted octanol–water partition coefficient (Wildman–Crippen LogP) is 4.16. The summed E-state index contributed by atoms with van der Waals surface area (Å²) in [7, 11) is 0. The third-order valence-electron chi connectivity index (χ3n) is 5.01. The zero-order valence-corrected chi connectivity index (χ0v) is 18.5. The van der Waals surface area contributed by atoms with Crippen molar-refractivity contribution in [1.29, 1.82) is 0 Å². The number of anilines is 1. The van der Waals surface area contributed by atoms with E-state index in [0.717, 1.165) is 33.6 Å². The number of benzene rings is 2. The lowest BCUT2D eigenvalue weighted by molar-refractivity contribution is -0.115. The van der Waals surface area contributed by atoms with Crippen LogP contribution >= 0.6 is 0 Å². The number of aromatic nitrogens is 1. The van der Waals surface area contributed by atoms with Crippen LogP contribution in [0, 0.1) is 34.6 Å². The number of amides is 2. The molecule has 0 aliphatic carbocycles. The van der Waals surface area contributed by atoms with Gasteiger partial charge in [-0.05, 0) is 63.9 Å². The molecule has 2 amide bonds. The Morgan fingerprint density at radius 2 is 1.74 bits per heavy atom. The second kappa shape index (κ2) is 9.47. The molecule has 3 aromatic rings. The topological polar surface area (TPSA) is 93.5 Å². The minimum atomic E-state index is -0.352. The van der Waals surface area contributed by atoms with Gasteiger partial charge >= 0.3 is 0 Å². The number of carbonyl (C=O) groups excluding carboxylic acids is 2. The molecule has 3 rings (SSSR count). The maximum absolute atomic E-state index is 12.5. The molecule has 0 aliphatic rings. The molecule has 0 unspecified atom stereocenters. The number of nitrogens with one attached hydrogen (secondary N) is 2. The minimum Gasteiger partial charge on any atom is -0.489 e. The summed E-state index contributed by atoms with van der Waals surface area (Å²) in [5, 5.41) is 9.43. The number of ether oxygens (including phenoxy) is 1. The molecule has 7 heteroatoms. The van der Waals surface area contributed by atoms with Crippen LogP contribution in [0.15, 0.2) is 40.9 Å². The van der Waals surface area contributed by atoms with Crippen LogP contribution in [0.1, 0.15) is 44.1 Å². The summed E-state index contributed by atoms with van der Waals surface area (Å²) in [5.41, 5.74) is 5.95. The van der Waals surface area contributed by atoms with Crippen molar-refractivity contribution in [3.8, 4) is 5.75 Å². The van der Waals surface area contributed by atoms with Crippen LogP contribution in [0.3, 0.4) is 0 Å². The highest BCUT2D eigenvalue weighted by atomic mass is 16.5. The van der Waals surface area contributed by atoms with Crippen molar-refractivity contribution in [3.05, 3.63) is 75.7 Å². The summed E-state index contributed by atoms with van der Waals surface area (Å²) in [6, 6.07) is 10.8. The molecule has 31 heavy (non-hydrogen) atoms. The minimum absolute atomic E-state index is 0.129. The Morgan fingerprint density at radius 1 is 1.03 bits per heavy atom. The molecule has 0 bridgehead atoms. The fourth-order valence-corrected chi connectivity index (χ4v) is 3.41. The summed E-state index contributed by atoms with van der Waals surface area (Å²) in [6.45, 7) is 9.75. The van der Waals surface area contributed by atoms with Gasteiger partial charge in [0, 0.05) is 11.3 Å². The van der Waals surface area contributed by atoms with E-state index in [1.54, 1.807) is 24.3 Å². The van der Waals surface area contributed by atoms with Crippen LogP contribution in [0.25, 0.3) is 0 Å². The van der Waals surface area contributed by atoms with Crippen LogP contribution in [-0.2, 0) is 11.4 Å². The van der Waals surface area contributed by atoms with Crippen molar-refractivity contribution in [3.63, 3.8) is 0 Å². The highest BCUT2D eigenvalue weighted by Crippen LogP contribution is 2.22. The van der Waals surface area contributed by atoms with Gasteiger partial charge in [0.15, 0.2) is 0 Å². The Kier molecular flexibility index (Phi) is 6.74. The molecule has 0 atom stereocenters. The van der Waals surface area contributed by atoms with E-state index in [4.69, 9.17) is 9.26 Å². The van der Waals surface area contributed by atoms with Crippen LogP contribution in [0.2, 0.25) is 0 Å². The van der Waals surface area contributed by atoms with Crippen LogP contribution in [-0.4, -0.2) is 23.5 Å². The standard InChI is InChI=1S/C24H27N3O4/c1-14-9-15(2)23(16(3)10-14)26-22(28)12-25-24(29)19-7-6-8-20(11-19)30-13-21-17(4)27-31-18(21)5/h6-11H,12-13H2,1-5H3,(H,25,29)(H,26,28). The third-order valence-corrected chi connectivity index (χ3v) is 5.01. The lowest BCUT2D eigenvalue weighted by Gasteiger charge is -2.13. The molecule has 2 N–H and O–H groups in total. The maximum Gasteiger partial charge on any atom is 0.251 e. The average molecular weight is 421 g/mol.